The molecule has 1 unspecified atom stereocenters. The maximum atomic E-state index is 12.8. The Balaban J connectivity index is 1.70. The fourth-order valence-corrected chi connectivity index (χ4v) is 2.99. The van der Waals surface area contributed by atoms with Crippen LogP contribution in [0, 0.1) is 0 Å². The molecule has 3 rings (SSSR count). The Kier molecular flexibility index (Phi) is 7.65. The second kappa shape index (κ2) is 10.8. The van der Waals surface area contributed by atoms with E-state index in [2.05, 4.69) is 10.6 Å². The molecule has 0 saturated heterocycles. The Hall–Kier alpha value is -3.80. The SMILES string of the molecule is CCOc1ccc(NC(=O)c2ccccc2NC(=O)C(CC)Oc2ccccc2)cc1. The number of nitrogens with one attached hydrogen (secondary N) is 2. The molecule has 0 bridgehead atoms. The summed E-state index contributed by atoms with van der Waals surface area (Å²) in [4.78, 5) is 25.6. The number of ether oxygens (including phenoxy) is 2. The lowest BCUT2D eigenvalue weighted by Gasteiger charge is -2.18. The highest BCUT2D eigenvalue weighted by Crippen LogP contribution is 2.21. The van der Waals surface area contributed by atoms with Crippen LogP contribution in [0.4, 0.5) is 11.4 Å². The number of carbonyl (C=O) groups is 2. The number of hydrogen-bond acceptors (Lipinski definition) is 4. The van der Waals surface area contributed by atoms with E-state index in [1.165, 1.54) is 0 Å². The van der Waals surface area contributed by atoms with E-state index in [4.69, 9.17) is 9.47 Å². The molecule has 0 aromatic heterocycles. The number of amides is 2. The summed E-state index contributed by atoms with van der Waals surface area (Å²) in [5.74, 6) is 0.716. The number of para-hydroxylation sites is 2. The molecule has 0 aliphatic rings. The predicted octanol–water partition coefficient (Wildman–Crippen LogP) is 5.13. The molecule has 3 aromatic rings. The monoisotopic (exact) mass is 418 g/mol. The van der Waals surface area contributed by atoms with Gasteiger partial charge in [-0.1, -0.05) is 37.3 Å². The number of carbonyl (C=O) groups excluding carboxylic acids is 2. The van der Waals surface area contributed by atoms with Crippen molar-refractivity contribution in [2.75, 3.05) is 17.2 Å². The van der Waals surface area contributed by atoms with E-state index in [1.54, 1.807) is 60.7 Å². The van der Waals surface area contributed by atoms with Gasteiger partial charge in [-0.15, -0.1) is 0 Å². The van der Waals surface area contributed by atoms with Crippen molar-refractivity contribution in [2.24, 2.45) is 0 Å². The number of anilines is 2. The van der Waals surface area contributed by atoms with Crippen LogP contribution in [0.5, 0.6) is 11.5 Å². The van der Waals surface area contributed by atoms with Gasteiger partial charge >= 0.3 is 0 Å². The van der Waals surface area contributed by atoms with Crippen molar-refractivity contribution in [3.63, 3.8) is 0 Å². The minimum atomic E-state index is -0.676. The van der Waals surface area contributed by atoms with E-state index in [1.807, 2.05) is 32.0 Å². The molecule has 0 saturated carbocycles. The number of rotatable bonds is 9. The highest BCUT2D eigenvalue weighted by molar-refractivity contribution is 6.10. The summed E-state index contributed by atoms with van der Waals surface area (Å²) in [6.07, 6.45) is -0.189. The fraction of sp³-hybridized carbons (Fsp3) is 0.200. The van der Waals surface area contributed by atoms with Crippen molar-refractivity contribution in [1.29, 1.82) is 0 Å². The first-order valence-electron chi connectivity index (χ1n) is 10.3. The Bertz CT molecular complexity index is 1000. The standard InChI is InChI=1S/C25H26N2O4/c1-3-23(31-20-10-6-5-7-11-20)25(29)27-22-13-9-8-12-21(22)24(28)26-18-14-16-19(17-15-18)30-4-2/h5-17,23H,3-4H2,1-2H3,(H,26,28)(H,27,29). The van der Waals surface area contributed by atoms with Gasteiger partial charge in [0.1, 0.15) is 11.5 Å². The van der Waals surface area contributed by atoms with E-state index >= 15 is 0 Å². The lowest BCUT2D eigenvalue weighted by Crippen LogP contribution is -2.33. The van der Waals surface area contributed by atoms with E-state index in [0.717, 1.165) is 5.75 Å². The minimum Gasteiger partial charge on any atom is -0.494 e. The molecule has 0 heterocycles. The van der Waals surface area contributed by atoms with Crippen LogP contribution in [0.3, 0.4) is 0 Å². The molecule has 0 radical (unpaired) electrons. The number of benzene rings is 3. The van der Waals surface area contributed by atoms with Gasteiger partial charge in [0, 0.05) is 5.69 Å². The third kappa shape index (κ3) is 6.09. The first-order valence-corrected chi connectivity index (χ1v) is 10.3. The Morgan fingerprint density at radius 2 is 1.48 bits per heavy atom. The molecule has 0 aliphatic carbocycles. The molecule has 1 atom stereocenters. The molecule has 160 valence electrons. The van der Waals surface area contributed by atoms with Crippen molar-refractivity contribution >= 4 is 23.2 Å². The van der Waals surface area contributed by atoms with E-state index < -0.39 is 6.10 Å². The van der Waals surface area contributed by atoms with Gasteiger partial charge in [-0.05, 0) is 61.9 Å². The molecule has 2 amide bonds. The molecule has 6 nitrogen and oxygen atoms in total. The highest BCUT2D eigenvalue weighted by atomic mass is 16.5. The Labute approximate surface area is 182 Å². The topological polar surface area (TPSA) is 76.7 Å². The average molecular weight is 418 g/mol. The molecular formula is C25H26N2O4. The second-order valence-electron chi connectivity index (χ2n) is 6.77. The van der Waals surface area contributed by atoms with Gasteiger partial charge < -0.3 is 20.1 Å². The van der Waals surface area contributed by atoms with E-state index in [0.29, 0.717) is 35.7 Å². The lowest BCUT2D eigenvalue weighted by molar-refractivity contribution is -0.122. The lowest BCUT2D eigenvalue weighted by atomic mass is 10.1. The van der Waals surface area contributed by atoms with Gasteiger partial charge in [0.2, 0.25) is 0 Å². The first kappa shape index (κ1) is 21.9. The maximum Gasteiger partial charge on any atom is 0.265 e. The van der Waals surface area contributed by atoms with Gasteiger partial charge in [-0.3, -0.25) is 9.59 Å². The highest BCUT2D eigenvalue weighted by Gasteiger charge is 2.21. The summed E-state index contributed by atoms with van der Waals surface area (Å²) < 4.78 is 11.2. The minimum absolute atomic E-state index is 0.312. The smallest absolute Gasteiger partial charge is 0.265 e. The summed E-state index contributed by atoms with van der Waals surface area (Å²) in [7, 11) is 0. The third-order valence-corrected chi connectivity index (χ3v) is 4.54. The van der Waals surface area contributed by atoms with Crippen LogP contribution >= 0.6 is 0 Å². The van der Waals surface area contributed by atoms with Gasteiger partial charge in [0.25, 0.3) is 11.8 Å². The summed E-state index contributed by atoms with van der Waals surface area (Å²) in [6, 6.07) is 23.2. The third-order valence-electron chi connectivity index (χ3n) is 4.54. The van der Waals surface area contributed by atoms with Crippen molar-refractivity contribution < 1.29 is 19.1 Å². The quantitative estimate of drug-likeness (QED) is 0.505. The van der Waals surface area contributed by atoms with Gasteiger partial charge in [-0.2, -0.15) is 0 Å². The normalized spacial score (nSPS) is 11.3. The average Bonchev–Trinajstić information content (AvgIpc) is 2.80. The Morgan fingerprint density at radius 1 is 0.806 bits per heavy atom. The molecule has 3 aromatic carbocycles. The van der Waals surface area contributed by atoms with Gasteiger partial charge in [0.05, 0.1) is 17.9 Å². The van der Waals surface area contributed by atoms with Gasteiger partial charge in [0.15, 0.2) is 6.10 Å². The van der Waals surface area contributed by atoms with Crippen LogP contribution in [-0.4, -0.2) is 24.5 Å². The van der Waals surface area contributed by atoms with Crippen LogP contribution in [0.1, 0.15) is 30.6 Å². The van der Waals surface area contributed by atoms with Crippen LogP contribution in [-0.2, 0) is 4.79 Å². The summed E-state index contributed by atoms with van der Waals surface area (Å²) in [6.45, 7) is 4.36. The molecule has 2 N–H and O–H groups in total. The van der Waals surface area contributed by atoms with E-state index in [-0.39, 0.29) is 11.8 Å². The first-order chi connectivity index (χ1) is 15.1. The summed E-state index contributed by atoms with van der Waals surface area (Å²) in [5.41, 5.74) is 1.42. The van der Waals surface area contributed by atoms with Crippen molar-refractivity contribution in [2.45, 2.75) is 26.4 Å². The van der Waals surface area contributed by atoms with Crippen LogP contribution in [0.25, 0.3) is 0 Å². The molecular weight excluding hydrogens is 392 g/mol. The van der Waals surface area contributed by atoms with Crippen LogP contribution in [0.2, 0.25) is 0 Å². The Morgan fingerprint density at radius 3 is 2.16 bits per heavy atom. The summed E-state index contributed by atoms with van der Waals surface area (Å²) in [5, 5.41) is 5.68. The van der Waals surface area contributed by atoms with Crippen LogP contribution in [0.15, 0.2) is 78.9 Å². The zero-order valence-corrected chi connectivity index (χ0v) is 17.6. The van der Waals surface area contributed by atoms with Crippen LogP contribution < -0.4 is 20.1 Å². The zero-order chi connectivity index (χ0) is 22.1. The fourth-order valence-electron chi connectivity index (χ4n) is 2.99. The second-order valence-corrected chi connectivity index (χ2v) is 6.77. The molecule has 0 fully saturated rings. The summed E-state index contributed by atoms with van der Waals surface area (Å²) >= 11 is 0. The van der Waals surface area contributed by atoms with Crippen molar-refractivity contribution in [3.05, 3.63) is 84.4 Å². The van der Waals surface area contributed by atoms with Gasteiger partial charge in [-0.25, -0.2) is 0 Å². The van der Waals surface area contributed by atoms with E-state index in [9.17, 15) is 9.59 Å². The maximum absolute atomic E-state index is 12.8. The molecule has 31 heavy (non-hydrogen) atoms. The number of hydrogen-bond donors (Lipinski definition) is 2. The molecule has 0 spiro atoms. The van der Waals surface area contributed by atoms with Crippen molar-refractivity contribution in [3.8, 4) is 11.5 Å². The largest absolute Gasteiger partial charge is 0.494 e. The van der Waals surface area contributed by atoms with Crippen molar-refractivity contribution in [1.82, 2.24) is 0 Å². The zero-order valence-electron chi connectivity index (χ0n) is 17.6. The molecule has 0 aliphatic heterocycles. The predicted molar refractivity (Wildman–Crippen MR) is 122 cm³/mol. The molecule has 6 heteroatoms.